The van der Waals surface area contributed by atoms with Gasteiger partial charge in [0, 0.05) is 5.41 Å². The topological polar surface area (TPSA) is 121 Å². The predicted molar refractivity (Wildman–Crippen MR) is 78.0 cm³/mol. The Morgan fingerprint density at radius 3 is 1.53 bits per heavy atom. The molecule has 0 radical (unpaired) electrons. The molecule has 6 nitrogen and oxygen atoms in total. The zero-order valence-electron chi connectivity index (χ0n) is 11.4. The maximum atomic E-state index is 9.06. The average Bonchev–Trinajstić information content (AvgIpc) is 2.33. The van der Waals surface area contributed by atoms with Crippen molar-refractivity contribution in [2.75, 3.05) is 19.8 Å². The Labute approximate surface area is 120 Å². The van der Waals surface area contributed by atoms with Gasteiger partial charge in [0.2, 0.25) is 0 Å². The number of rotatable bonds is 9. The number of hydrogen-bond donors (Lipinski definition) is 6. The monoisotopic (exact) mass is 318 g/mol. The largest absolute Gasteiger partial charge is 0.396 e. The minimum absolute atomic E-state index is 0.131. The third-order valence-electron chi connectivity index (χ3n) is 2.82. The van der Waals surface area contributed by atoms with Crippen molar-refractivity contribution < 1.29 is 30.0 Å². The first-order valence-electron chi connectivity index (χ1n) is 6.35. The normalized spacial score (nSPS) is 11.9. The lowest BCUT2D eigenvalue weighted by Gasteiger charge is -2.27. The minimum Gasteiger partial charge on any atom is -0.396 e. The van der Waals surface area contributed by atoms with Crippen molar-refractivity contribution in [2.24, 2.45) is 5.41 Å². The number of aliphatic hydroxyl groups is 3. The predicted octanol–water partition coefficient (Wildman–Crippen LogP) is 0.498. The summed E-state index contributed by atoms with van der Waals surface area (Å²) in [7, 11) is 0. The molecule has 0 atom stereocenters. The Balaban J connectivity index is 0. The van der Waals surface area contributed by atoms with Crippen LogP contribution in [0, 0.1) is 5.41 Å². The minimum atomic E-state index is -3.81. The molecular formula is C11H27O6PS. The molecule has 0 aromatic heterocycles. The van der Waals surface area contributed by atoms with Crippen LogP contribution in [0.3, 0.4) is 0 Å². The van der Waals surface area contributed by atoms with Gasteiger partial charge in [-0.2, -0.15) is 0 Å². The van der Waals surface area contributed by atoms with E-state index in [1.54, 1.807) is 0 Å². The Morgan fingerprint density at radius 1 is 0.842 bits per heavy atom. The second kappa shape index (κ2) is 12.2. The summed E-state index contributed by atoms with van der Waals surface area (Å²) < 4.78 is 0. The molecule has 0 unspecified atom stereocenters. The lowest BCUT2D eigenvalue weighted by molar-refractivity contribution is -0.00229. The molecule has 0 saturated heterocycles. The molecule has 0 heterocycles. The van der Waals surface area contributed by atoms with E-state index in [2.05, 4.69) is 18.7 Å². The lowest BCUT2D eigenvalue weighted by atomic mass is 9.85. The average molecular weight is 318 g/mol. The summed E-state index contributed by atoms with van der Waals surface area (Å²) in [6.07, 6.45) is 6.46. The molecular weight excluding hydrogens is 291 g/mol. The van der Waals surface area contributed by atoms with E-state index in [0.717, 1.165) is 12.8 Å². The fraction of sp³-hybridized carbons (Fsp3) is 1.00. The molecule has 118 valence electrons. The van der Waals surface area contributed by atoms with Gasteiger partial charge in [-0.1, -0.05) is 39.0 Å². The first kappa shape index (κ1) is 21.7. The molecule has 8 heteroatoms. The molecule has 0 aromatic carbocycles. The quantitative estimate of drug-likeness (QED) is 0.270. The lowest BCUT2D eigenvalue weighted by Crippen LogP contribution is -2.33. The van der Waals surface area contributed by atoms with Crippen LogP contribution >= 0.6 is 6.72 Å². The van der Waals surface area contributed by atoms with E-state index in [4.69, 9.17) is 30.0 Å². The molecule has 0 aliphatic carbocycles. The van der Waals surface area contributed by atoms with Crippen molar-refractivity contribution in [2.45, 2.75) is 45.4 Å². The zero-order valence-corrected chi connectivity index (χ0v) is 13.1. The maximum absolute atomic E-state index is 9.06. The van der Waals surface area contributed by atoms with Gasteiger partial charge in [0.05, 0.1) is 19.8 Å². The van der Waals surface area contributed by atoms with Gasteiger partial charge in [-0.25, -0.2) is 0 Å². The van der Waals surface area contributed by atoms with Gasteiger partial charge in [-0.15, -0.1) is 0 Å². The Morgan fingerprint density at radius 2 is 1.21 bits per heavy atom. The van der Waals surface area contributed by atoms with E-state index in [0.29, 0.717) is 6.42 Å². The first-order chi connectivity index (χ1) is 8.74. The van der Waals surface area contributed by atoms with Crippen molar-refractivity contribution in [3.63, 3.8) is 0 Å². The molecule has 0 spiro atoms. The van der Waals surface area contributed by atoms with Gasteiger partial charge in [0.25, 0.3) is 0 Å². The van der Waals surface area contributed by atoms with Crippen LogP contribution in [0.15, 0.2) is 0 Å². The third kappa shape index (κ3) is 16.4. The van der Waals surface area contributed by atoms with Crippen LogP contribution in [0.2, 0.25) is 0 Å². The highest BCUT2D eigenvalue weighted by atomic mass is 32.5. The van der Waals surface area contributed by atoms with Crippen molar-refractivity contribution >= 4 is 18.5 Å². The van der Waals surface area contributed by atoms with E-state index >= 15 is 0 Å². The number of unbranched alkanes of at least 4 members (excludes halogenated alkanes) is 4. The van der Waals surface area contributed by atoms with Crippen molar-refractivity contribution in [3.8, 4) is 0 Å². The summed E-state index contributed by atoms with van der Waals surface area (Å²) in [6.45, 7) is -2.03. The van der Waals surface area contributed by atoms with Crippen LogP contribution < -0.4 is 0 Å². The van der Waals surface area contributed by atoms with E-state index in [1.807, 2.05) is 0 Å². The van der Waals surface area contributed by atoms with Gasteiger partial charge in [0.1, 0.15) is 0 Å². The van der Waals surface area contributed by atoms with E-state index in [9.17, 15) is 0 Å². The second-order valence-corrected chi connectivity index (χ2v) is 7.15. The molecule has 0 rings (SSSR count). The van der Waals surface area contributed by atoms with E-state index in [-0.39, 0.29) is 19.8 Å². The van der Waals surface area contributed by atoms with Gasteiger partial charge >= 0.3 is 6.72 Å². The fourth-order valence-electron chi connectivity index (χ4n) is 1.49. The maximum Gasteiger partial charge on any atom is 0.319 e. The molecule has 6 N–H and O–H groups in total. The smallest absolute Gasteiger partial charge is 0.319 e. The highest BCUT2D eigenvalue weighted by Gasteiger charge is 2.26. The summed E-state index contributed by atoms with van der Waals surface area (Å²) in [6, 6.07) is 0. The summed E-state index contributed by atoms with van der Waals surface area (Å²) >= 11 is 3.60. The number of hydrogen-bond acceptors (Lipinski definition) is 4. The highest BCUT2D eigenvalue weighted by molar-refractivity contribution is 8.06. The molecule has 0 saturated carbocycles. The first-order valence-corrected chi connectivity index (χ1v) is 9.01. The van der Waals surface area contributed by atoms with Crippen LogP contribution in [-0.4, -0.2) is 49.8 Å². The third-order valence-corrected chi connectivity index (χ3v) is 2.82. The molecule has 0 amide bonds. The van der Waals surface area contributed by atoms with Crippen LogP contribution in [0.5, 0.6) is 0 Å². The molecule has 0 fully saturated rings. The molecule has 0 bridgehead atoms. The summed E-state index contributed by atoms with van der Waals surface area (Å²) in [4.78, 5) is 22.7. The van der Waals surface area contributed by atoms with Crippen LogP contribution in [0.25, 0.3) is 0 Å². The van der Waals surface area contributed by atoms with Crippen molar-refractivity contribution in [1.29, 1.82) is 0 Å². The molecule has 0 aliphatic heterocycles. The fourth-order valence-corrected chi connectivity index (χ4v) is 1.49. The summed E-state index contributed by atoms with van der Waals surface area (Å²) in [5.41, 5.74) is -0.661. The summed E-state index contributed by atoms with van der Waals surface area (Å²) in [5, 5.41) is 27.2. The highest BCUT2D eigenvalue weighted by Crippen LogP contribution is 2.26. The molecule has 0 aromatic rings. The molecule has 0 aliphatic rings. The Bertz CT molecular complexity index is 225. The van der Waals surface area contributed by atoms with Gasteiger partial charge < -0.3 is 30.0 Å². The Hall–Kier alpha value is 0.410. The van der Waals surface area contributed by atoms with Gasteiger partial charge in [-0.05, 0) is 18.2 Å². The standard InChI is InChI=1S/C11H24O3.H3O3PS/c1-2-3-4-5-6-7-11(8-12,9-13)10-14;1-4(2,3)5/h12-14H,2-10H2,1H3;(H3,1,2,3,5). The van der Waals surface area contributed by atoms with Crippen LogP contribution in [0.1, 0.15) is 45.4 Å². The van der Waals surface area contributed by atoms with Crippen molar-refractivity contribution in [3.05, 3.63) is 0 Å². The van der Waals surface area contributed by atoms with Crippen LogP contribution in [-0.2, 0) is 11.8 Å². The van der Waals surface area contributed by atoms with E-state index in [1.165, 1.54) is 19.3 Å². The summed E-state index contributed by atoms with van der Waals surface area (Å²) in [5.74, 6) is 0. The second-order valence-electron chi connectivity index (χ2n) is 4.65. The SMILES string of the molecule is CCCCCCCC(CO)(CO)CO.OP(O)(O)=S. The molecule has 19 heavy (non-hydrogen) atoms. The Kier molecular flexibility index (Phi) is 13.9. The van der Waals surface area contributed by atoms with Gasteiger partial charge in [0.15, 0.2) is 0 Å². The van der Waals surface area contributed by atoms with E-state index < -0.39 is 12.1 Å². The number of aliphatic hydroxyl groups excluding tert-OH is 3. The zero-order chi connectivity index (χ0) is 15.4. The van der Waals surface area contributed by atoms with Crippen molar-refractivity contribution in [1.82, 2.24) is 0 Å². The van der Waals surface area contributed by atoms with Gasteiger partial charge in [-0.3, -0.25) is 0 Å². The van der Waals surface area contributed by atoms with Crippen LogP contribution in [0.4, 0.5) is 0 Å².